The van der Waals surface area contributed by atoms with E-state index in [1.54, 1.807) is 0 Å². The van der Waals surface area contributed by atoms with Crippen LogP contribution in [0.5, 0.6) is 0 Å². The fourth-order valence-electron chi connectivity index (χ4n) is 3.51. The molecule has 0 amide bonds. The van der Waals surface area contributed by atoms with Crippen LogP contribution in [0.2, 0.25) is 0 Å². The maximum atomic E-state index is 9.24. The van der Waals surface area contributed by atoms with Gasteiger partial charge in [0.1, 0.15) is 0 Å². The number of hydrogen-bond donors (Lipinski definition) is 1. The predicted octanol–water partition coefficient (Wildman–Crippen LogP) is 8.10. The Kier molecular flexibility index (Phi) is 15.8. The summed E-state index contributed by atoms with van der Waals surface area (Å²) in [6.07, 6.45) is 25.2. The van der Waals surface area contributed by atoms with Crippen molar-refractivity contribution in [3.63, 3.8) is 0 Å². The normalized spacial score (nSPS) is 12.1. The molecule has 0 fully saturated rings. The largest absolute Gasteiger partial charge is 0.392 e. The van der Waals surface area contributed by atoms with E-state index in [4.69, 9.17) is 0 Å². The van der Waals surface area contributed by atoms with Crippen LogP contribution in [0.4, 0.5) is 0 Å². The van der Waals surface area contributed by atoms with Gasteiger partial charge < -0.3 is 5.11 Å². The van der Waals surface area contributed by atoms with Crippen LogP contribution in [-0.4, -0.2) is 11.7 Å². The number of aliphatic hydroxyl groups is 1. The predicted molar refractivity (Wildman–Crippen MR) is 121 cm³/mol. The number of allylic oxidation sites excluding steroid dienone is 3. The standard InChI is InChI=1S/C26H42O/c1-2-3-4-5-6-7-8-9-10-11-12-13-14-15-17-22-26(23-24-27)25-20-18-16-19-21-25/h9-10,16,18-21,23,27H,2-8,11-15,17,22,24H2,1H3/b10-9-,26-23?. The topological polar surface area (TPSA) is 20.2 Å². The molecule has 1 rings (SSSR count). The van der Waals surface area contributed by atoms with Gasteiger partial charge in [0.15, 0.2) is 0 Å². The van der Waals surface area contributed by atoms with Crippen LogP contribution in [0, 0.1) is 0 Å². The maximum Gasteiger partial charge on any atom is 0.0618 e. The number of unbranched alkanes of at least 4 members (excludes halogenated alkanes) is 11. The molecule has 0 aromatic heterocycles. The van der Waals surface area contributed by atoms with Crippen LogP contribution in [-0.2, 0) is 0 Å². The van der Waals surface area contributed by atoms with Gasteiger partial charge in [-0.1, -0.05) is 107 Å². The van der Waals surface area contributed by atoms with Crippen LogP contribution < -0.4 is 0 Å². The van der Waals surface area contributed by atoms with Crippen LogP contribution in [0.1, 0.15) is 102 Å². The quantitative estimate of drug-likeness (QED) is 0.217. The molecule has 0 aliphatic rings. The average Bonchev–Trinajstić information content (AvgIpc) is 2.70. The Bertz CT molecular complexity index is 486. The monoisotopic (exact) mass is 370 g/mol. The third-order valence-corrected chi connectivity index (χ3v) is 5.19. The van der Waals surface area contributed by atoms with Crippen molar-refractivity contribution in [1.29, 1.82) is 0 Å². The van der Waals surface area contributed by atoms with Crippen LogP contribution in [0.3, 0.4) is 0 Å². The second-order valence-electron chi connectivity index (χ2n) is 7.61. The van der Waals surface area contributed by atoms with E-state index < -0.39 is 0 Å². The number of rotatable bonds is 17. The SMILES string of the molecule is CCCCCCCC/C=C\CCCCCCCC(=CCO)c1ccccc1. The number of hydrogen-bond acceptors (Lipinski definition) is 1. The molecule has 0 atom stereocenters. The minimum absolute atomic E-state index is 0.134. The second kappa shape index (κ2) is 18.0. The third kappa shape index (κ3) is 13.5. The van der Waals surface area contributed by atoms with Gasteiger partial charge >= 0.3 is 0 Å². The molecular weight excluding hydrogens is 328 g/mol. The van der Waals surface area contributed by atoms with Gasteiger partial charge in [0, 0.05) is 0 Å². The lowest BCUT2D eigenvalue weighted by atomic mass is 9.98. The third-order valence-electron chi connectivity index (χ3n) is 5.19. The Labute approximate surface area is 168 Å². The van der Waals surface area contributed by atoms with E-state index in [9.17, 15) is 5.11 Å². The van der Waals surface area contributed by atoms with E-state index in [0.29, 0.717) is 0 Å². The maximum absolute atomic E-state index is 9.24. The van der Waals surface area contributed by atoms with E-state index in [-0.39, 0.29) is 6.61 Å². The first-order chi connectivity index (χ1) is 13.4. The molecule has 0 saturated heterocycles. The Morgan fingerprint density at radius 3 is 1.89 bits per heavy atom. The van der Waals surface area contributed by atoms with Gasteiger partial charge in [0.25, 0.3) is 0 Å². The minimum atomic E-state index is 0.134. The molecule has 1 aromatic rings. The van der Waals surface area contributed by atoms with Crippen molar-refractivity contribution >= 4 is 5.57 Å². The molecule has 0 spiro atoms. The van der Waals surface area contributed by atoms with Crippen molar-refractivity contribution in [1.82, 2.24) is 0 Å². The molecule has 0 radical (unpaired) electrons. The summed E-state index contributed by atoms with van der Waals surface area (Å²) >= 11 is 0. The van der Waals surface area contributed by atoms with E-state index >= 15 is 0 Å². The molecule has 1 nitrogen and oxygen atoms in total. The Balaban J connectivity index is 1.96. The van der Waals surface area contributed by atoms with Crippen molar-refractivity contribution in [2.45, 2.75) is 96.8 Å². The smallest absolute Gasteiger partial charge is 0.0618 e. The molecule has 27 heavy (non-hydrogen) atoms. The molecule has 0 aliphatic carbocycles. The summed E-state index contributed by atoms with van der Waals surface area (Å²) in [6.45, 7) is 2.41. The Hall–Kier alpha value is -1.34. The molecule has 0 saturated carbocycles. The molecule has 0 unspecified atom stereocenters. The van der Waals surface area contributed by atoms with Crippen LogP contribution in [0.25, 0.3) is 5.57 Å². The summed E-state index contributed by atoms with van der Waals surface area (Å²) in [5.41, 5.74) is 2.54. The molecule has 0 bridgehead atoms. The molecule has 1 aromatic carbocycles. The summed E-state index contributed by atoms with van der Waals surface area (Å²) in [7, 11) is 0. The first kappa shape index (κ1) is 23.7. The van der Waals surface area contributed by atoms with Crippen molar-refractivity contribution in [2.75, 3.05) is 6.61 Å². The van der Waals surface area contributed by atoms with Gasteiger partial charge in [-0.15, -0.1) is 0 Å². The molecule has 1 N–H and O–H groups in total. The summed E-state index contributed by atoms with van der Waals surface area (Å²) in [5, 5.41) is 9.24. The molecule has 0 aliphatic heterocycles. The zero-order valence-corrected chi connectivity index (χ0v) is 17.7. The van der Waals surface area contributed by atoms with E-state index in [1.807, 2.05) is 12.1 Å². The second-order valence-corrected chi connectivity index (χ2v) is 7.61. The van der Waals surface area contributed by atoms with Crippen molar-refractivity contribution in [2.24, 2.45) is 0 Å². The average molecular weight is 371 g/mol. The summed E-state index contributed by atoms with van der Waals surface area (Å²) in [4.78, 5) is 0. The highest BCUT2D eigenvalue weighted by Crippen LogP contribution is 2.21. The highest BCUT2D eigenvalue weighted by Gasteiger charge is 2.00. The Morgan fingerprint density at radius 1 is 0.741 bits per heavy atom. The summed E-state index contributed by atoms with van der Waals surface area (Å²) in [6, 6.07) is 10.5. The molecule has 1 heteroatoms. The minimum Gasteiger partial charge on any atom is -0.392 e. The van der Waals surface area contributed by atoms with Crippen molar-refractivity contribution < 1.29 is 5.11 Å². The Morgan fingerprint density at radius 2 is 1.30 bits per heavy atom. The highest BCUT2D eigenvalue weighted by molar-refractivity contribution is 5.65. The zero-order valence-electron chi connectivity index (χ0n) is 17.7. The lowest BCUT2D eigenvalue weighted by Crippen LogP contribution is -1.88. The first-order valence-corrected chi connectivity index (χ1v) is 11.4. The van der Waals surface area contributed by atoms with E-state index in [1.165, 1.54) is 94.6 Å². The molecular formula is C26H42O. The van der Waals surface area contributed by atoms with Gasteiger partial charge in [-0.2, -0.15) is 0 Å². The first-order valence-electron chi connectivity index (χ1n) is 11.4. The summed E-state index contributed by atoms with van der Waals surface area (Å²) in [5.74, 6) is 0. The molecule has 0 heterocycles. The van der Waals surface area contributed by atoms with Gasteiger partial charge in [0.05, 0.1) is 6.61 Å². The molecule has 152 valence electrons. The van der Waals surface area contributed by atoms with Gasteiger partial charge in [0.2, 0.25) is 0 Å². The van der Waals surface area contributed by atoms with Gasteiger partial charge in [-0.05, 0) is 49.7 Å². The highest BCUT2D eigenvalue weighted by atomic mass is 16.2. The lowest BCUT2D eigenvalue weighted by molar-refractivity contribution is 0.343. The zero-order chi connectivity index (χ0) is 19.4. The van der Waals surface area contributed by atoms with Gasteiger partial charge in [-0.25, -0.2) is 0 Å². The fraction of sp³-hybridized carbons (Fsp3) is 0.615. The summed E-state index contributed by atoms with van der Waals surface area (Å²) < 4.78 is 0. The van der Waals surface area contributed by atoms with Crippen molar-refractivity contribution in [3.8, 4) is 0 Å². The van der Waals surface area contributed by atoms with Crippen molar-refractivity contribution in [3.05, 3.63) is 54.1 Å². The van der Waals surface area contributed by atoms with Crippen LogP contribution in [0.15, 0.2) is 48.6 Å². The number of aliphatic hydroxyl groups excluding tert-OH is 1. The lowest BCUT2D eigenvalue weighted by Gasteiger charge is -2.07. The number of benzene rings is 1. The van der Waals surface area contributed by atoms with Crippen LogP contribution >= 0.6 is 0 Å². The fourth-order valence-corrected chi connectivity index (χ4v) is 3.51. The van der Waals surface area contributed by atoms with E-state index in [0.717, 1.165) is 6.42 Å². The van der Waals surface area contributed by atoms with E-state index in [2.05, 4.69) is 43.3 Å². The van der Waals surface area contributed by atoms with Gasteiger partial charge in [-0.3, -0.25) is 0 Å².